The van der Waals surface area contributed by atoms with Crippen molar-refractivity contribution in [1.82, 2.24) is 0 Å². The number of hydrogen-bond donors (Lipinski definition) is 1. The fraction of sp³-hybridized carbons (Fsp3) is 0.316. The van der Waals surface area contributed by atoms with Crippen LogP contribution in [0.5, 0.6) is 0 Å². The lowest BCUT2D eigenvalue weighted by Gasteiger charge is -2.04. The summed E-state index contributed by atoms with van der Waals surface area (Å²) >= 11 is 0. The number of hydrogen-bond acceptors (Lipinski definition) is 2. The molecule has 0 fully saturated rings. The summed E-state index contributed by atoms with van der Waals surface area (Å²) in [5, 5.41) is 12.4. The summed E-state index contributed by atoms with van der Waals surface area (Å²) < 4.78 is 2.20. The summed E-state index contributed by atoms with van der Waals surface area (Å²) in [6, 6.07) is 18.9. The van der Waals surface area contributed by atoms with E-state index >= 15 is 0 Å². The quantitative estimate of drug-likeness (QED) is 0.680. The summed E-state index contributed by atoms with van der Waals surface area (Å²) in [6.07, 6.45) is 2.16. The molecule has 22 heavy (non-hydrogen) atoms. The molecule has 0 saturated carbocycles. The SMILES string of the molecule is CC[O-].Cc1ccc(NCC[N+](C)=Cc2ccccc2)cc1. The second-order valence-corrected chi connectivity index (χ2v) is 5.10. The molecule has 1 N–H and O–H groups in total. The molecule has 3 heteroatoms. The summed E-state index contributed by atoms with van der Waals surface area (Å²) in [5.41, 5.74) is 3.71. The Morgan fingerprint density at radius 2 is 1.64 bits per heavy atom. The highest BCUT2D eigenvalue weighted by Crippen LogP contribution is 2.07. The maximum Gasteiger partial charge on any atom is 0.170 e. The Bertz CT molecular complexity index is 547. The molecule has 0 heterocycles. The highest BCUT2D eigenvalue weighted by Gasteiger charge is 1.98. The van der Waals surface area contributed by atoms with E-state index in [1.165, 1.54) is 16.8 Å². The summed E-state index contributed by atoms with van der Waals surface area (Å²) in [6.45, 7) is 5.58. The predicted molar refractivity (Wildman–Crippen MR) is 92.9 cm³/mol. The molecule has 2 aromatic rings. The van der Waals surface area contributed by atoms with Gasteiger partial charge in [0.2, 0.25) is 0 Å². The van der Waals surface area contributed by atoms with Gasteiger partial charge in [-0.3, -0.25) is 0 Å². The molecule has 0 radical (unpaired) electrons. The van der Waals surface area contributed by atoms with Crippen LogP contribution in [0.3, 0.4) is 0 Å². The topological polar surface area (TPSA) is 38.1 Å². The molecular weight excluding hydrogens is 272 g/mol. The molecule has 2 aromatic carbocycles. The number of anilines is 1. The number of likely N-dealkylation sites (N-methyl/N-ethyl adjacent to an activating group) is 1. The van der Waals surface area contributed by atoms with E-state index in [9.17, 15) is 0 Å². The normalized spacial score (nSPS) is 10.6. The third-order valence-corrected chi connectivity index (χ3v) is 3.01. The van der Waals surface area contributed by atoms with E-state index < -0.39 is 0 Å². The van der Waals surface area contributed by atoms with E-state index in [2.05, 4.69) is 78.6 Å². The molecule has 0 atom stereocenters. The lowest BCUT2D eigenvalue weighted by Crippen LogP contribution is -2.18. The van der Waals surface area contributed by atoms with E-state index in [1.807, 2.05) is 6.07 Å². The molecule has 0 aliphatic carbocycles. The molecule has 0 bridgehead atoms. The van der Waals surface area contributed by atoms with Crippen LogP contribution in [0.25, 0.3) is 0 Å². The first-order chi connectivity index (χ1) is 10.7. The van der Waals surface area contributed by atoms with E-state index in [0.29, 0.717) is 0 Å². The average molecular weight is 298 g/mol. The lowest BCUT2D eigenvalue weighted by molar-refractivity contribution is -0.488. The van der Waals surface area contributed by atoms with Crippen molar-refractivity contribution in [2.75, 3.05) is 32.1 Å². The van der Waals surface area contributed by atoms with Crippen molar-refractivity contribution < 1.29 is 9.68 Å². The third-order valence-electron chi connectivity index (χ3n) is 3.01. The fourth-order valence-corrected chi connectivity index (χ4v) is 1.91. The minimum atomic E-state index is 0. The van der Waals surface area contributed by atoms with Gasteiger partial charge in [0.15, 0.2) is 12.8 Å². The fourth-order valence-electron chi connectivity index (χ4n) is 1.91. The maximum atomic E-state index is 8.93. The molecule has 2 rings (SSSR count). The van der Waals surface area contributed by atoms with Gasteiger partial charge in [0, 0.05) is 11.3 Å². The Morgan fingerprint density at radius 1 is 1.05 bits per heavy atom. The Kier molecular flexibility index (Phi) is 8.61. The van der Waals surface area contributed by atoms with Crippen LogP contribution in [-0.4, -0.2) is 37.5 Å². The van der Waals surface area contributed by atoms with Crippen molar-refractivity contribution in [2.45, 2.75) is 13.8 Å². The second-order valence-electron chi connectivity index (χ2n) is 5.10. The Hall–Kier alpha value is -2.13. The monoisotopic (exact) mass is 298 g/mol. The van der Waals surface area contributed by atoms with Crippen LogP contribution in [0.15, 0.2) is 54.6 Å². The molecule has 0 aliphatic rings. The smallest absolute Gasteiger partial charge is 0.170 e. The highest BCUT2D eigenvalue weighted by atomic mass is 16.2. The van der Waals surface area contributed by atoms with Crippen molar-refractivity contribution in [1.29, 1.82) is 0 Å². The zero-order valence-electron chi connectivity index (χ0n) is 13.8. The molecule has 0 amide bonds. The first-order valence-corrected chi connectivity index (χ1v) is 7.64. The van der Waals surface area contributed by atoms with Crippen molar-refractivity contribution in [3.05, 3.63) is 65.7 Å². The van der Waals surface area contributed by atoms with Crippen LogP contribution < -0.4 is 10.4 Å². The number of nitrogens with zero attached hydrogens (tertiary/aromatic N) is 1. The van der Waals surface area contributed by atoms with Crippen molar-refractivity contribution in [2.24, 2.45) is 0 Å². The molecule has 0 spiro atoms. The van der Waals surface area contributed by atoms with Crippen molar-refractivity contribution >= 4 is 11.9 Å². The highest BCUT2D eigenvalue weighted by molar-refractivity contribution is 5.75. The molecule has 0 unspecified atom stereocenters. The van der Waals surface area contributed by atoms with Gasteiger partial charge in [-0.2, -0.15) is 0 Å². The van der Waals surface area contributed by atoms with E-state index in [4.69, 9.17) is 5.11 Å². The van der Waals surface area contributed by atoms with Gasteiger partial charge in [0.25, 0.3) is 0 Å². The first kappa shape index (κ1) is 17.9. The number of rotatable bonds is 5. The van der Waals surface area contributed by atoms with Crippen molar-refractivity contribution in [3.63, 3.8) is 0 Å². The molecule has 0 saturated heterocycles. The first-order valence-electron chi connectivity index (χ1n) is 7.64. The predicted octanol–water partition coefficient (Wildman–Crippen LogP) is 2.53. The molecule has 0 aliphatic heterocycles. The summed E-state index contributed by atoms with van der Waals surface area (Å²) in [5.74, 6) is 0. The molecule has 0 aromatic heterocycles. The molecule has 118 valence electrons. The zero-order chi connectivity index (χ0) is 16.2. The average Bonchev–Trinajstić information content (AvgIpc) is 2.51. The van der Waals surface area contributed by atoms with Gasteiger partial charge in [-0.05, 0) is 31.2 Å². The Labute approximate surface area is 133 Å². The van der Waals surface area contributed by atoms with E-state index in [-0.39, 0.29) is 6.61 Å². The van der Waals surface area contributed by atoms with Gasteiger partial charge in [0.05, 0.1) is 6.54 Å². The maximum absolute atomic E-state index is 8.93. The van der Waals surface area contributed by atoms with Gasteiger partial charge in [-0.25, -0.2) is 4.58 Å². The van der Waals surface area contributed by atoms with Crippen LogP contribution in [0.4, 0.5) is 5.69 Å². The summed E-state index contributed by atoms with van der Waals surface area (Å²) in [4.78, 5) is 0. The van der Waals surface area contributed by atoms with Gasteiger partial charge < -0.3 is 10.4 Å². The Balaban J connectivity index is 0.000000745. The minimum Gasteiger partial charge on any atom is -0.855 e. The molecular formula is C19H26N2O. The van der Waals surface area contributed by atoms with Gasteiger partial charge >= 0.3 is 0 Å². The van der Waals surface area contributed by atoms with Crippen LogP contribution in [0, 0.1) is 6.92 Å². The number of nitrogens with one attached hydrogen (secondary N) is 1. The standard InChI is InChI=1S/C17H21N2.C2H5O/c1-15-8-10-17(11-9-15)18-12-13-19(2)14-16-6-4-3-5-7-16;1-2-3/h3-11,14,18H,12-13H2,1-2H3;2H2,1H3/q+1;-1. The van der Waals surface area contributed by atoms with Gasteiger partial charge in [-0.15, -0.1) is 6.61 Å². The van der Waals surface area contributed by atoms with Crippen LogP contribution >= 0.6 is 0 Å². The second kappa shape index (κ2) is 10.6. The van der Waals surface area contributed by atoms with Crippen LogP contribution in [-0.2, 0) is 0 Å². The number of benzene rings is 2. The van der Waals surface area contributed by atoms with E-state index in [0.717, 1.165) is 13.1 Å². The zero-order valence-corrected chi connectivity index (χ0v) is 13.8. The minimum absolute atomic E-state index is 0. The lowest BCUT2D eigenvalue weighted by atomic mass is 10.2. The largest absolute Gasteiger partial charge is 0.855 e. The molecule has 3 nitrogen and oxygen atoms in total. The summed E-state index contributed by atoms with van der Waals surface area (Å²) in [7, 11) is 2.10. The van der Waals surface area contributed by atoms with Crippen LogP contribution in [0.2, 0.25) is 0 Å². The Morgan fingerprint density at radius 3 is 2.23 bits per heavy atom. The number of aryl methyl sites for hydroxylation is 1. The van der Waals surface area contributed by atoms with E-state index in [1.54, 1.807) is 6.92 Å². The van der Waals surface area contributed by atoms with Crippen LogP contribution in [0.1, 0.15) is 18.1 Å². The third kappa shape index (κ3) is 7.60. The van der Waals surface area contributed by atoms with Gasteiger partial charge in [0.1, 0.15) is 7.05 Å². The van der Waals surface area contributed by atoms with Gasteiger partial charge in [-0.1, -0.05) is 42.8 Å². The van der Waals surface area contributed by atoms with Crippen molar-refractivity contribution in [3.8, 4) is 0 Å².